The van der Waals surface area contributed by atoms with E-state index in [0.717, 1.165) is 0 Å². The summed E-state index contributed by atoms with van der Waals surface area (Å²) in [6.07, 6.45) is -5.08. The fourth-order valence-corrected chi connectivity index (χ4v) is 2.66. The lowest BCUT2D eigenvalue weighted by molar-refractivity contribution is -0.000452. The molecule has 1 unspecified atom stereocenters. The van der Waals surface area contributed by atoms with Crippen molar-refractivity contribution in [2.24, 2.45) is 0 Å². The molecule has 1 rings (SSSR count). The van der Waals surface area contributed by atoms with E-state index in [2.05, 4.69) is 0 Å². The maximum Gasteiger partial charge on any atom is 0.265 e. The van der Waals surface area contributed by atoms with Crippen molar-refractivity contribution in [2.75, 3.05) is 6.54 Å². The third kappa shape index (κ3) is 3.96. The van der Waals surface area contributed by atoms with Crippen LogP contribution < -0.4 is 4.72 Å². The molecule has 8 heteroatoms. The van der Waals surface area contributed by atoms with E-state index < -0.39 is 29.1 Å². The summed E-state index contributed by atoms with van der Waals surface area (Å²) in [5, 5.41) is 17.5. The number of nitrogens with zero attached hydrogens (tertiary/aromatic N) is 1. The van der Waals surface area contributed by atoms with Crippen LogP contribution in [0.5, 0.6) is 0 Å². The number of nitrogens with one attached hydrogen (secondary N) is 1. The Kier molecular flexibility index (Phi) is 4.94. The summed E-state index contributed by atoms with van der Waals surface area (Å²) in [5.41, 5.74) is 0.613. The van der Waals surface area contributed by atoms with Crippen molar-refractivity contribution in [3.05, 3.63) is 29.3 Å². The third-order valence-corrected chi connectivity index (χ3v) is 3.95. The number of rotatable bonds is 5. The van der Waals surface area contributed by atoms with Crippen molar-refractivity contribution in [1.29, 1.82) is 5.26 Å². The molecule has 0 spiro atoms. The lowest BCUT2D eigenvalue weighted by Gasteiger charge is -2.12. The predicted octanol–water partition coefficient (Wildman–Crippen LogP) is 0.771. The number of aliphatic hydroxyl groups is 1. The number of hydrogen-bond acceptors (Lipinski definition) is 4. The molecule has 0 aromatic heterocycles. The van der Waals surface area contributed by atoms with Crippen LogP contribution in [0.4, 0.5) is 8.78 Å². The van der Waals surface area contributed by atoms with Crippen molar-refractivity contribution < 1.29 is 22.3 Å². The van der Waals surface area contributed by atoms with Gasteiger partial charge in [-0.25, -0.2) is 21.9 Å². The molecule has 0 aliphatic heterocycles. The highest BCUT2D eigenvalue weighted by Gasteiger charge is 2.22. The first-order valence-corrected chi connectivity index (χ1v) is 6.73. The Morgan fingerprint density at radius 2 is 2.11 bits per heavy atom. The normalized spacial score (nSPS) is 13.3. The van der Waals surface area contributed by atoms with Gasteiger partial charge in [0.2, 0.25) is 10.0 Å². The summed E-state index contributed by atoms with van der Waals surface area (Å²) in [7, 11) is -4.00. The van der Waals surface area contributed by atoms with Gasteiger partial charge < -0.3 is 5.11 Å². The van der Waals surface area contributed by atoms with Gasteiger partial charge in [0.05, 0.1) is 16.5 Å². The predicted molar refractivity (Wildman–Crippen MR) is 63.1 cm³/mol. The highest BCUT2D eigenvalue weighted by atomic mass is 32.2. The summed E-state index contributed by atoms with van der Waals surface area (Å²) in [6.45, 7) is 0.707. The van der Waals surface area contributed by atoms with Crippen LogP contribution in [0.1, 0.15) is 11.1 Å². The summed E-state index contributed by atoms with van der Waals surface area (Å²) in [4.78, 5) is -0.118. The zero-order valence-corrected chi connectivity index (χ0v) is 10.8. The monoisotopic (exact) mass is 290 g/mol. The van der Waals surface area contributed by atoms with E-state index >= 15 is 0 Å². The topological polar surface area (TPSA) is 90.2 Å². The number of aliphatic hydroxyl groups excluding tert-OH is 1. The molecule has 0 amide bonds. The Bertz CT molecular complexity index is 596. The van der Waals surface area contributed by atoms with Gasteiger partial charge in [0.1, 0.15) is 6.10 Å². The van der Waals surface area contributed by atoms with E-state index in [-0.39, 0.29) is 4.90 Å². The Balaban J connectivity index is 2.93. The Morgan fingerprint density at radius 3 is 2.58 bits per heavy atom. The van der Waals surface area contributed by atoms with Crippen molar-refractivity contribution in [3.8, 4) is 6.07 Å². The molecule has 2 N–H and O–H groups in total. The average molecular weight is 290 g/mol. The quantitative estimate of drug-likeness (QED) is 0.838. The molecule has 0 heterocycles. The van der Waals surface area contributed by atoms with Gasteiger partial charge in [-0.1, -0.05) is 0 Å². The van der Waals surface area contributed by atoms with Crippen molar-refractivity contribution in [1.82, 2.24) is 4.72 Å². The van der Waals surface area contributed by atoms with E-state index in [9.17, 15) is 17.2 Å². The van der Waals surface area contributed by atoms with Crippen LogP contribution in [0, 0.1) is 18.3 Å². The summed E-state index contributed by atoms with van der Waals surface area (Å²) in [6, 6.07) is 5.75. The molecule has 1 atom stereocenters. The molecule has 19 heavy (non-hydrogen) atoms. The minimum atomic E-state index is -4.00. The lowest BCUT2D eigenvalue weighted by atomic mass is 10.2. The third-order valence-electron chi connectivity index (χ3n) is 2.37. The highest BCUT2D eigenvalue weighted by Crippen LogP contribution is 2.16. The van der Waals surface area contributed by atoms with Gasteiger partial charge in [-0.3, -0.25) is 0 Å². The molecule has 1 aromatic carbocycles. The van der Waals surface area contributed by atoms with E-state index in [1.54, 1.807) is 0 Å². The molecule has 0 aliphatic carbocycles. The molecule has 0 saturated heterocycles. The minimum absolute atomic E-state index is 0.118. The number of nitriles is 1. The van der Waals surface area contributed by atoms with Gasteiger partial charge in [0, 0.05) is 6.54 Å². The standard InChI is InChI=1S/C11H12F2N2O3S/c1-7-4-8(5-14)2-3-10(7)19(17,18)15-6-9(16)11(12)13/h2-4,9,11,15-16H,6H2,1H3. The first-order valence-electron chi connectivity index (χ1n) is 5.24. The average Bonchev–Trinajstić information content (AvgIpc) is 2.35. The second-order valence-electron chi connectivity index (χ2n) is 3.85. The van der Waals surface area contributed by atoms with Gasteiger partial charge in [-0.2, -0.15) is 5.26 Å². The number of halogens is 2. The van der Waals surface area contributed by atoms with Crippen LogP contribution >= 0.6 is 0 Å². The second kappa shape index (κ2) is 6.06. The molecule has 0 aliphatic rings. The van der Waals surface area contributed by atoms with Crippen molar-refractivity contribution in [2.45, 2.75) is 24.3 Å². The first-order chi connectivity index (χ1) is 8.77. The zero-order valence-electron chi connectivity index (χ0n) is 9.97. The molecular weight excluding hydrogens is 278 g/mol. The van der Waals surface area contributed by atoms with Crippen LogP contribution in [0.3, 0.4) is 0 Å². The molecule has 0 saturated carbocycles. The van der Waals surface area contributed by atoms with E-state index in [0.29, 0.717) is 11.1 Å². The number of alkyl halides is 2. The van der Waals surface area contributed by atoms with Gasteiger partial charge in [0.15, 0.2) is 0 Å². The van der Waals surface area contributed by atoms with Crippen molar-refractivity contribution >= 4 is 10.0 Å². The SMILES string of the molecule is Cc1cc(C#N)ccc1S(=O)(=O)NCC(O)C(F)F. The Hall–Kier alpha value is -1.56. The van der Waals surface area contributed by atoms with Crippen molar-refractivity contribution in [3.63, 3.8) is 0 Å². The van der Waals surface area contributed by atoms with Crippen LogP contribution in [0.2, 0.25) is 0 Å². The molecule has 104 valence electrons. The smallest absolute Gasteiger partial charge is 0.265 e. The van der Waals surface area contributed by atoms with Gasteiger partial charge >= 0.3 is 0 Å². The fourth-order valence-electron chi connectivity index (χ4n) is 1.38. The maximum absolute atomic E-state index is 12.1. The van der Waals surface area contributed by atoms with Gasteiger partial charge in [-0.15, -0.1) is 0 Å². The second-order valence-corrected chi connectivity index (χ2v) is 5.58. The van der Waals surface area contributed by atoms with Gasteiger partial charge in [0.25, 0.3) is 6.43 Å². The molecular formula is C11H12F2N2O3S. The summed E-state index contributed by atoms with van der Waals surface area (Å²) < 4.78 is 49.7. The fraction of sp³-hybridized carbons (Fsp3) is 0.364. The molecule has 0 radical (unpaired) electrons. The number of benzene rings is 1. The Morgan fingerprint density at radius 1 is 1.47 bits per heavy atom. The highest BCUT2D eigenvalue weighted by molar-refractivity contribution is 7.89. The van der Waals surface area contributed by atoms with Crippen LogP contribution in [0.25, 0.3) is 0 Å². The minimum Gasteiger partial charge on any atom is -0.386 e. The summed E-state index contributed by atoms with van der Waals surface area (Å²) in [5.74, 6) is 0. The van der Waals surface area contributed by atoms with E-state index in [1.807, 2.05) is 10.8 Å². The summed E-state index contributed by atoms with van der Waals surface area (Å²) >= 11 is 0. The molecule has 0 fully saturated rings. The van der Waals surface area contributed by atoms with E-state index in [4.69, 9.17) is 10.4 Å². The van der Waals surface area contributed by atoms with E-state index in [1.165, 1.54) is 25.1 Å². The first kappa shape index (κ1) is 15.5. The van der Waals surface area contributed by atoms with Crippen LogP contribution in [-0.2, 0) is 10.0 Å². The Labute approximate surface area is 109 Å². The number of sulfonamides is 1. The lowest BCUT2D eigenvalue weighted by Crippen LogP contribution is -2.36. The largest absolute Gasteiger partial charge is 0.386 e. The molecule has 0 bridgehead atoms. The number of hydrogen-bond donors (Lipinski definition) is 2. The van der Waals surface area contributed by atoms with Gasteiger partial charge in [-0.05, 0) is 30.7 Å². The number of aryl methyl sites for hydroxylation is 1. The molecule has 1 aromatic rings. The molecule has 5 nitrogen and oxygen atoms in total. The van der Waals surface area contributed by atoms with Crippen LogP contribution in [-0.4, -0.2) is 32.6 Å². The maximum atomic E-state index is 12.1. The van der Waals surface area contributed by atoms with Crippen LogP contribution in [0.15, 0.2) is 23.1 Å². The zero-order chi connectivity index (χ0) is 14.6.